The quantitative estimate of drug-likeness (QED) is 0.705. The largest absolute Gasteiger partial charge is 0.497 e. The molecule has 2 N–H and O–H groups in total. The van der Waals surface area contributed by atoms with Gasteiger partial charge in [-0.15, -0.1) is 0 Å². The first-order valence-corrected chi connectivity index (χ1v) is 8.29. The maximum atomic E-state index is 12.6. The number of nitrogens with one attached hydrogen (secondary N) is 2. The van der Waals surface area contributed by atoms with E-state index in [0.717, 1.165) is 17.0 Å². The fraction of sp³-hybridized carbons (Fsp3) is 0.158. The van der Waals surface area contributed by atoms with Gasteiger partial charge in [0.1, 0.15) is 11.4 Å². The Bertz CT molecular complexity index is 888. The van der Waals surface area contributed by atoms with E-state index < -0.39 is 0 Å². The Morgan fingerprint density at radius 1 is 1.20 bits per heavy atom. The van der Waals surface area contributed by atoms with E-state index in [9.17, 15) is 4.79 Å². The van der Waals surface area contributed by atoms with E-state index in [-0.39, 0.29) is 5.91 Å². The van der Waals surface area contributed by atoms with Crippen molar-refractivity contribution in [1.82, 2.24) is 10.2 Å². The number of hydrogen-bond donors (Lipinski definition) is 2. The van der Waals surface area contributed by atoms with E-state index in [1.165, 1.54) is 0 Å². The number of carbonyl (C=O) groups excluding carboxylic acids is 1. The van der Waals surface area contributed by atoms with Gasteiger partial charge in [-0.05, 0) is 42.8 Å². The number of carbonyl (C=O) groups is 1. The number of hydrogen-bond acceptors (Lipinski definition) is 3. The van der Waals surface area contributed by atoms with Crippen LogP contribution in [0.15, 0.2) is 48.5 Å². The minimum Gasteiger partial charge on any atom is -0.497 e. The van der Waals surface area contributed by atoms with Crippen molar-refractivity contribution in [3.05, 3.63) is 64.8 Å². The summed E-state index contributed by atoms with van der Waals surface area (Å²) in [7, 11) is 1.62. The molecule has 0 atom stereocenters. The Hall–Kier alpha value is -2.79. The SMILES string of the molecule is CCc1[nH]nc(-c2ccc(OC)cc2)c1NC(=O)c1ccccc1Cl. The number of aromatic amines is 1. The van der Waals surface area contributed by atoms with Gasteiger partial charge < -0.3 is 10.1 Å². The van der Waals surface area contributed by atoms with Gasteiger partial charge >= 0.3 is 0 Å². The van der Waals surface area contributed by atoms with Gasteiger partial charge in [0.15, 0.2) is 0 Å². The molecule has 0 saturated carbocycles. The molecule has 1 aromatic heterocycles. The molecule has 0 aliphatic carbocycles. The van der Waals surface area contributed by atoms with E-state index in [0.29, 0.717) is 28.4 Å². The second-order valence-corrected chi connectivity index (χ2v) is 5.85. The molecule has 128 valence electrons. The van der Waals surface area contributed by atoms with Gasteiger partial charge in [-0.1, -0.05) is 30.7 Å². The molecule has 0 saturated heterocycles. The number of amides is 1. The van der Waals surface area contributed by atoms with Gasteiger partial charge in [-0.2, -0.15) is 5.10 Å². The second-order valence-electron chi connectivity index (χ2n) is 5.44. The molecule has 0 aliphatic heterocycles. The summed E-state index contributed by atoms with van der Waals surface area (Å²) in [5.74, 6) is 0.494. The highest BCUT2D eigenvalue weighted by molar-refractivity contribution is 6.34. The van der Waals surface area contributed by atoms with E-state index in [1.807, 2.05) is 31.2 Å². The summed E-state index contributed by atoms with van der Waals surface area (Å²) in [6.07, 6.45) is 0.710. The number of aryl methyl sites for hydroxylation is 1. The highest BCUT2D eigenvalue weighted by Crippen LogP contribution is 2.31. The maximum Gasteiger partial charge on any atom is 0.257 e. The van der Waals surface area contributed by atoms with Crippen LogP contribution in [0.2, 0.25) is 5.02 Å². The third kappa shape index (κ3) is 3.51. The Morgan fingerprint density at radius 2 is 1.92 bits per heavy atom. The first-order chi connectivity index (χ1) is 12.1. The molecule has 0 radical (unpaired) electrons. The number of H-pyrrole nitrogens is 1. The van der Waals surface area contributed by atoms with Gasteiger partial charge in [-0.25, -0.2) is 0 Å². The lowest BCUT2D eigenvalue weighted by molar-refractivity contribution is 0.102. The van der Waals surface area contributed by atoms with Crippen LogP contribution in [-0.2, 0) is 6.42 Å². The van der Waals surface area contributed by atoms with Crippen molar-refractivity contribution in [3.8, 4) is 17.0 Å². The summed E-state index contributed by atoms with van der Waals surface area (Å²) in [5.41, 5.74) is 3.50. The molecule has 2 aromatic carbocycles. The first kappa shape index (κ1) is 17.0. The highest BCUT2D eigenvalue weighted by Gasteiger charge is 2.18. The third-order valence-corrected chi connectivity index (χ3v) is 4.24. The zero-order valence-electron chi connectivity index (χ0n) is 14.0. The van der Waals surface area contributed by atoms with Crippen molar-refractivity contribution in [2.24, 2.45) is 0 Å². The lowest BCUT2D eigenvalue weighted by Crippen LogP contribution is -2.13. The second kappa shape index (κ2) is 7.40. The fourth-order valence-corrected chi connectivity index (χ4v) is 2.77. The highest BCUT2D eigenvalue weighted by atomic mass is 35.5. The summed E-state index contributed by atoms with van der Waals surface area (Å²) in [6.45, 7) is 2.00. The van der Waals surface area contributed by atoms with Crippen LogP contribution in [0.3, 0.4) is 0 Å². The van der Waals surface area contributed by atoms with Crippen LogP contribution in [0.1, 0.15) is 23.0 Å². The Labute approximate surface area is 151 Å². The minimum atomic E-state index is -0.267. The van der Waals surface area contributed by atoms with E-state index in [1.54, 1.807) is 31.4 Å². The van der Waals surface area contributed by atoms with Crippen molar-refractivity contribution >= 4 is 23.2 Å². The van der Waals surface area contributed by atoms with E-state index >= 15 is 0 Å². The molecular weight excluding hydrogens is 338 g/mol. The number of aromatic nitrogens is 2. The molecule has 0 spiro atoms. The average Bonchev–Trinajstić information content (AvgIpc) is 3.04. The molecule has 6 heteroatoms. The van der Waals surface area contributed by atoms with Crippen molar-refractivity contribution < 1.29 is 9.53 Å². The molecule has 0 bridgehead atoms. The van der Waals surface area contributed by atoms with Crippen molar-refractivity contribution in [2.75, 3.05) is 12.4 Å². The zero-order valence-corrected chi connectivity index (χ0v) is 14.7. The molecule has 0 fully saturated rings. The molecule has 25 heavy (non-hydrogen) atoms. The van der Waals surface area contributed by atoms with Gasteiger partial charge in [0, 0.05) is 5.56 Å². The number of benzene rings is 2. The predicted octanol–water partition coefficient (Wildman–Crippen LogP) is 4.55. The maximum absolute atomic E-state index is 12.6. The van der Waals surface area contributed by atoms with Crippen LogP contribution in [0.5, 0.6) is 5.75 Å². The van der Waals surface area contributed by atoms with Gasteiger partial charge in [0.25, 0.3) is 5.91 Å². The first-order valence-electron chi connectivity index (χ1n) is 7.91. The van der Waals surface area contributed by atoms with Crippen LogP contribution in [0.25, 0.3) is 11.3 Å². The summed E-state index contributed by atoms with van der Waals surface area (Å²) < 4.78 is 5.18. The molecule has 3 rings (SSSR count). The van der Waals surface area contributed by atoms with Crippen LogP contribution < -0.4 is 10.1 Å². The lowest BCUT2D eigenvalue weighted by Gasteiger charge is -2.09. The monoisotopic (exact) mass is 355 g/mol. The van der Waals surface area contributed by atoms with Gasteiger partial charge in [0.2, 0.25) is 0 Å². The molecule has 0 unspecified atom stereocenters. The van der Waals surface area contributed by atoms with Crippen molar-refractivity contribution in [2.45, 2.75) is 13.3 Å². The Kier molecular flexibility index (Phi) is 5.05. The summed E-state index contributed by atoms with van der Waals surface area (Å²) in [5, 5.41) is 10.7. The Balaban J connectivity index is 1.96. The summed E-state index contributed by atoms with van der Waals surface area (Å²) in [6, 6.07) is 14.5. The molecule has 5 nitrogen and oxygen atoms in total. The van der Waals surface area contributed by atoms with E-state index in [4.69, 9.17) is 16.3 Å². The molecule has 1 heterocycles. The van der Waals surface area contributed by atoms with Crippen molar-refractivity contribution in [1.29, 1.82) is 0 Å². The smallest absolute Gasteiger partial charge is 0.257 e. The van der Waals surface area contributed by atoms with Crippen LogP contribution in [0, 0.1) is 0 Å². The molecular formula is C19H18ClN3O2. The number of methoxy groups -OCH3 is 1. The lowest BCUT2D eigenvalue weighted by atomic mass is 10.1. The van der Waals surface area contributed by atoms with Gasteiger partial charge in [0.05, 0.1) is 29.1 Å². The number of halogens is 1. The minimum absolute atomic E-state index is 0.267. The number of ether oxygens (including phenoxy) is 1. The topological polar surface area (TPSA) is 67.0 Å². The molecule has 3 aromatic rings. The van der Waals surface area contributed by atoms with Gasteiger partial charge in [-0.3, -0.25) is 9.89 Å². The molecule has 1 amide bonds. The summed E-state index contributed by atoms with van der Waals surface area (Å²) >= 11 is 6.12. The number of anilines is 1. The average molecular weight is 356 g/mol. The third-order valence-electron chi connectivity index (χ3n) is 3.92. The zero-order chi connectivity index (χ0) is 17.8. The normalized spacial score (nSPS) is 10.5. The fourth-order valence-electron chi connectivity index (χ4n) is 2.55. The number of nitrogens with zero attached hydrogens (tertiary/aromatic N) is 1. The van der Waals surface area contributed by atoms with Crippen LogP contribution in [0.4, 0.5) is 5.69 Å². The summed E-state index contributed by atoms with van der Waals surface area (Å²) in [4.78, 5) is 12.6. The van der Waals surface area contributed by atoms with E-state index in [2.05, 4.69) is 15.5 Å². The predicted molar refractivity (Wildman–Crippen MR) is 99.4 cm³/mol. The Morgan fingerprint density at radius 3 is 2.56 bits per heavy atom. The molecule has 0 aliphatic rings. The van der Waals surface area contributed by atoms with Crippen LogP contribution in [-0.4, -0.2) is 23.2 Å². The standard InChI is InChI=1S/C19H18ClN3O2/c1-3-16-18(21-19(24)14-6-4-5-7-15(14)20)17(23-22-16)12-8-10-13(25-2)11-9-12/h4-11H,3H2,1-2H3,(H,21,24)(H,22,23). The van der Waals surface area contributed by atoms with Crippen molar-refractivity contribution in [3.63, 3.8) is 0 Å². The number of rotatable bonds is 5. The van der Waals surface area contributed by atoms with Crippen LogP contribution >= 0.6 is 11.6 Å².